The molecule has 1 atom stereocenters. The predicted octanol–water partition coefficient (Wildman–Crippen LogP) is 4.28. The summed E-state index contributed by atoms with van der Waals surface area (Å²) >= 11 is 0. The zero-order chi connectivity index (χ0) is 29.2. The molecule has 4 rings (SSSR count). The van der Waals surface area contributed by atoms with Gasteiger partial charge in [0.2, 0.25) is 5.95 Å². The molecule has 1 aliphatic rings. The van der Waals surface area contributed by atoms with E-state index < -0.39 is 47.4 Å². The number of nitrogens with zero attached hydrogens (tertiary/aromatic N) is 4. The normalized spacial score (nSPS) is 18.2. The van der Waals surface area contributed by atoms with E-state index in [1.54, 1.807) is 0 Å². The van der Waals surface area contributed by atoms with Crippen LogP contribution < -0.4 is 10.2 Å². The highest BCUT2D eigenvalue weighted by Gasteiger charge is 2.46. The standard InChI is InChI=1S/C26H26F5N5O4/c1-35(2)22-19-5-3-4-6-20(19)33-25(34-22)32-17-7-9-18(10-8-17)36(40-24(39)26(29,30)31)23(38)21(37)14-11-15(27)13-16(28)12-14/h3-6,11-13,17-18,21,37H,7-10H2,1-2H3,(H,32,33,34). The van der Waals surface area contributed by atoms with Crippen LogP contribution in [0.2, 0.25) is 0 Å². The third-order valence-corrected chi connectivity index (χ3v) is 6.43. The fourth-order valence-electron chi connectivity index (χ4n) is 4.54. The molecule has 214 valence electrons. The number of carbonyl (C=O) groups excluding carboxylic acids is 2. The van der Waals surface area contributed by atoms with Gasteiger partial charge in [-0.25, -0.2) is 18.6 Å². The number of fused-ring (bicyclic) bond motifs is 1. The molecular weight excluding hydrogens is 541 g/mol. The summed E-state index contributed by atoms with van der Waals surface area (Å²) in [5.74, 6) is -5.33. The number of alkyl halides is 3. The average Bonchev–Trinajstić information content (AvgIpc) is 2.89. The SMILES string of the molecule is CN(C)c1nc(NC2CCC(N(OC(=O)C(F)(F)F)C(=O)C(O)c3cc(F)cc(F)c3)CC2)nc2ccccc12. The average molecular weight is 568 g/mol. The number of amides is 1. The van der Waals surface area contributed by atoms with Crippen molar-refractivity contribution in [3.63, 3.8) is 0 Å². The number of aliphatic hydroxyl groups is 1. The second-order valence-electron chi connectivity index (χ2n) is 9.58. The maximum absolute atomic E-state index is 13.6. The number of hydrogen-bond acceptors (Lipinski definition) is 8. The molecule has 1 amide bonds. The van der Waals surface area contributed by atoms with Gasteiger partial charge in [-0.05, 0) is 55.5 Å². The van der Waals surface area contributed by atoms with Crippen LogP contribution in [0.25, 0.3) is 10.9 Å². The van der Waals surface area contributed by atoms with Gasteiger partial charge in [-0.3, -0.25) is 4.79 Å². The number of para-hydroxylation sites is 1. The van der Waals surface area contributed by atoms with E-state index in [1.165, 1.54) is 0 Å². The number of hydrogen-bond donors (Lipinski definition) is 2. The first-order valence-corrected chi connectivity index (χ1v) is 12.3. The Balaban J connectivity index is 1.50. The smallest absolute Gasteiger partial charge is 0.378 e. The molecule has 2 aromatic carbocycles. The van der Waals surface area contributed by atoms with Crippen LogP contribution >= 0.6 is 0 Å². The summed E-state index contributed by atoms with van der Waals surface area (Å²) in [7, 11) is 3.68. The van der Waals surface area contributed by atoms with Crippen molar-refractivity contribution in [1.29, 1.82) is 0 Å². The molecular formula is C26H26F5N5O4. The summed E-state index contributed by atoms with van der Waals surface area (Å²) in [6.45, 7) is 0. The lowest BCUT2D eigenvalue weighted by Crippen LogP contribution is -2.48. The lowest BCUT2D eigenvalue weighted by Gasteiger charge is -2.36. The first kappa shape index (κ1) is 28.9. The van der Waals surface area contributed by atoms with Gasteiger partial charge in [0, 0.05) is 31.6 Å². The number of carbonyl (C=O) groups is 2. The number of halogens is 5. The highest BCUT2D eigenvalue weighted by Crippen LogP contribution is 2.31. The topological polar surface area (TPSA) is 108 Å². The van der Waals surface area contributed by atoms with Gasteiger partial charge in [-0.2, -0.15) is 23.2 Å². The Morgan fingerprint density at radius 2 is 1.65 bits per heavy atom. The summed E-state index contributed by atoms with van der Waals surface area (Å²) in [4.78, 5) is 39.9. The molecule has 14 heteroatoms. The molecule has 0 bridgehead atoms. The minimum absolute atomic E-state index is 0.0763. The summed E-state index contributed by atoms with van der Waals surface area (Å²) in [5, 5.41) is 14.6. The molecule has 1 aliphatic carbocycles. The quantitative estimate of drug-likeness (QED) is 0.336. The van der Waals surface area contributed by atoms with Gasteiger partial charge in [0.25, 0.3) is 5.91 Å². The van der Waals surface area contributed by atoms with Crippen molar-refractivity contribution in [2.75, 3.05) is 24.3 Å². The van der Waals surface area contributed by atoms with Crippen LogP contribution in [0.15, 0.2) is 42.5 Å². The van der Waals surface area contributed by atoms with Crippen molar-refractivity contribution < 1.29 is 41.5 Å². The van der Waals surface area contributed by atoms with Gasteiger partial charge in [0.15, 0.2) is 6.10 Å². The Morgan fingerprint density at radius 3 is 2.25 bits per heavy atom. The van der Waals surface area contributed by atoms with E-state index >= 15 is 0 Å². The number of benzene rings is 2. The van der Waals surface area contributed by atoms with Gasteiger partial charge < -0.3 is 20.2 Å². The number of nitrogens with one attached hydrogen (secondary N) is 1. The van der Waals surface area contributed by atoms with Crippen molar-refractivity contribution >= 4 is 34.5 Å². The van der Waals surface area contributed by atoms with E-state index in [9.17, 15) is 36.6 Å². The van der Waals surface area contributed by atoms with Crippen LogP contribution in [0, 0.1) is 11.6 Å². The monoisotopic (exact) mass is 567 g/mol. The Hall–Kier alpha value is -4.07. The van der Waals surface area contributed by atoms with Gasteiger partial charge in [-0.1, -0.05) is 12.1 Å². The summed E-state index contributed by atoms with van der Waals surface area (Å²) in [5.41, 5.74) is 0.159. The Kier molecular flexibility index (Phi) is 8.37. The molecule has 2 N–H and O–H groups in total. The van der Waals surface area contributed by atoms with Gasteiger partial charge in [0.1, 0.15) is 17.5 Å². The van der Waals surface area contributed by atoms with Gasteiger partial charge >= 0.3 is 12.1 Å². The summed E-state index contributed by atoms with van der Waals surface area (Å²) in [6, 6.07) is 7.96. The van der Waals surface area contributed by atoms with Crippen LogP contribution in [0.5, 0.6) is 0 Å². The first-order valence-electron chi connectivity index (χ1n) is 12.3. The summed E-state index contributed by atoms with van der Waals surface area (Å²) in [6.07, 6.45) is -6.92. The lowest BCUT2D eigenvalue weighted by atomic mass is 9.90. The molecule has 0 radical (unpaired) electrons. The Labute approximate surface area is 225 Å². The fraction of sp³-hybridized carbons (Fsp3) is 0.385. The molecule has 40 heavy (non-hydrogen) atoms. The molecule has 0 aliphatic heterocycles. The molecule has 0 saturated heterocycles. The highest BCUT2D eigenvalue weighted by atomic mass is 19.4. The van der Waals surface area contributed by atoms with Crippen molar-refractivity contribution in [3.8, 4) is 0 Å². The molecule has 1 unspecified atom stereocenters. The van der Waals surface area contributed by atoms with E-state index in [4.69, 9.17) is 0 Å². The predicted molar refractivity (Wildman–Crippen MR) is 134 cm³/mol. The van der Waals surface area contributed by atoms with E-state index in [-0.39, 0.29) is 23.9 Å². The molecule has 1 saturated carbocycles. The molecule has 3 aromatic rings. The number of aromatic nitrogens is 2. The van der Waals surface area contributed by atoms with Crippen LogP contribution in [0.3, 0.4) is 0 Å². The van der Waals surface area contributed by atoms with Crippen molar-refractivity contribution in [1.82, 2.24) is 15.0 Å². The van der Waals surface area contributed by atoms with Crippen LogP contribution in [0.4, 0.5) is 33.7 Å². The maximum atomic E-state index is 13.6. The molecule has 1 aromatic heterocycles. The Bertz CT molecular complexity index is 1380. The highest BCUT2D eigenvalue weighted by molar-refractivity contribution is 5.90. The van der Waals surface area contributed by atoms with E-state index in [0.717, 1.165) is 5.39 Å². The zero-order valence-electron chi connectivity index (χ0n) is 21.5. The molecule has 9 nitrogen and oxygen atoms in total. The van der Waals surface area contributed by atoms with Gasteiger partial charge in [0.05, 0.1) is 11.6 Å². The van der Waals surface area contributed by atoms with Crippen molar-refractivity contribution in [3.05, 3.63) is 59.7 Å². The number of aliphatic hydroxyl groups excluding tert-OH is 1. The first-order chi connectivity index (χ1) is 18.8. The van der Waals surface area contributed by atoms with E-state index in [1.807, 2.05) is 43.3 Å². The van der Waals surface area contributed by atoms with Crippen LogP contribution in [0.1, 0.15) is 37.4 Å². The molecule has 0 spiro atoms. The summed E-state index contributed by atoms with van der Waals surface area (Å²) < 4.78 is 66.2. The maximum Gasteiger partial charge on any atom is 0.493 e. The third kappa shape index (κ3) is 6.55. The largest absolute Gasteiger partial charge is 0.493 e. The van der Waals surface area contributed by atoms with E-state index in [0.29, 0.717) is 48.3 Å². The lowest BCUT2D eigenvalue weighted by molar-refractivity contribution is -0.248. The van der Waals surface area contributed by atoms with Gasteiger partial charge in [-0.15, -0.1) is 0 Å². The van der Waals surface area contributed by atoms with Crippen molar-refractivity contribution in [2.45, 2.75) is 50.0 Å². The minimum atomic E-state index is -5.43. The minimum Gasteiger partial charge on any atom is -0.378 e. The Morgan fingerprint density at radius 1 is 1.02 bits per heavy atom. The second-order valence-corrected chi connectivity index (χ2v) is 9.58. The third-order valence-electron chi connectivity index (χ3n) is 6.43. The number of hydroxylamine groups is 2. The van der Waals surface area contributed by atoms with E-state index in [2.05, 4.69) is 20.1 Å². The molecule has 1 heterocycles. The molecule has 1 fully saturated rings. The number of rotatable bonds is 6. The van der Waals surface area contributed by atoms with Crippen molar-refractivity contribution in [2.24, 2.45) is 0 Å². The van der Waals surface area contributed by atoms with Crippen LogP contribution in [-0.2, 0) is 14.4 Å². The fourth-order valence-corrected chi connectivity index (χ4v) is 4.54. The van der Waals surface area contributed by atoms with Crippen LogP contribution in [-0.4, -0.2) is 64.4 Å². The second kappa shape index (κ2) is 11.6. The number of anilines is 2. The zero-order valence-corrected chi connectivity index (χ0v) is 21.5.